The second-order valence-electron chi connectivity index (χ2n) is 6.97. The number of ether oxygens (including phenoxy) is 2. The lowest BCUT2D eigenvalue weighted by Gasteiger charge is -2.36. The third-order valence-corrected chi connectivity index (χ3v) is 5.56. The molecular weight excluding hydrogens is 308 g/mol. The Balaban J connectivity index is 1.60. The first kappa shape index (κ1) is 17.3. The smallest absolute Gasteiger partial charge is 0.253 e. The molecule has 0 unspecified atom stereocenters. The summed E-state index contributed by atoms with van der Waals surface area (Å²) in [5.74, 6) is 0.882. The maximum atomic E-state index is 12.8. The standard InChI is InChI=1S/C18H28N2O4/c1-2-15-13(4-3-10-23-15)18(22)20-8-5-12(6-9-20)16-14(17(19)21)7-11-24-16/h12,14,16H,2-11H2,1H3,(H2,19,21)/t14-,16+/m0/s1. The van der Waals surface area contributed by atoms with Crippen LogP contribution in [-0.2, 0) is 19.1 Å². The van der Waals surface area contributed by atoms with Gasteiger partial charge in [-0.25, -0.2) is 0 Å². The zero-order valence-electron chi connectivity index (χ0n) is 14.5. The second kappa shape index (κ2) is 7.55. The molecular formula is C18H28N2O4. The number of nitrogens with two attached hydrogens (primary N) is 1. The predicted molar refractivity (Wildman–Crippen MR) is 88.8 cm³/mol. The Morgan fingerprint density at radius 3 is 2.62 bits per heavy atom. The lowest BCUT2D eigenvalue weighted by molar-refractivity contribution is -0.131. The molecule has 24 heavy (non-hydrogen) atoms. The quantitative estimate of drug-likeness (QED) is 0.845. The van der Waals surface area contributed by atoms with Crippen molar-refractivity contribution in [2.45, 2.75) is 51.6 Å². The van der Waals surface area contributed by atoms with Gasteiger partial charge in [0.05, 0.1) is 24.2 Å². The van der Waals surface area contributed by atoms with E-state index in [1.807, 2.05) is 11.8 Å². The van der Waals surface area contributed by atoms with Crippen molar-refractivity contribution < 1.29 is 19.1 Å². The molecule has 3 heterocycles. The predicted octanol–water partition coefficient (Wildman–Crippen LogP) is 1.59. The van der Waals surface area contributed by atoms with Crippen LogP contribution in [0.1, 0.15) is 45.4 Å². The minimum atomic E-state index is -0.256. The largest absolute Gasteiger partial charge is 0.497 e. The number of hydrogen-bond donors (Lipinski definition) is 1. The SMILES string of the molecule is CCC1=C(C(=O)N2CCC([C@H]3OCC[C@@H]3C(N)=O)CC2)CCCO1. The van der Waals surface area contributed by atoms with E-state index < -0.39 is 0 Å². The highest BCUT2D eigenvalue weighted by Crippen LogP contribution is 2.34. The van der Waals surface area contributed by atoms with E-state index in [-0.39, 0.29) is 23.8 Å². The van der Waals surface area contributed by atoms with E-state index in [4.69, 9.17) is 15.2 Å². The third-order valence-electron chi connectivity index (χ3n) is 5.56. The normalized spacial score (nSPS) is 28.8. The van der Waals surface area contributed by atoms with Crippen LogP contribution >= 0.6 is 0 Å². The second-order valence-corrected chi connectivity index (χ2v) is 6.97. The van der Waals surface area contributed by atoms with Gasteiger partial charge < -0.3 is 20.1 Å². The van der Waals surface area contributed by atoms with E-state index >= 15 is 0 Å². The van der Waals surface area contributed by atoms with E-state index in [0.29, 0.717) is 12.5 Å². The van der Waals surface area contributed by atoms with Gasteiger partial charge in [0.1, 0.15) is 5.76 Å². The van der Waals surface area contributed by atoms with Crippen LogP contribution in [0, 0.1) is 11.8 Å². The molecule has 2 fully saturated rings. The number of amides is 2. The van der Waals surface area contributed by atoms with Gasteiger partial charge in [0.15, 0.2) is 0 Å². The molecule has 0 radical (unpaired) electrons. The van der Waals surface area contributed by atoms with E-state index in [1.54, 1.807) is 0 Å². The summed E-state index contributed by atoms with van der Waals surface area (Å²) in [6, 6.07) is 0. The average Bonchev–Trinajstić information content (AvgIpc) is 3.11. The molecule has 2 atom stereocenters. The van der Waals surface area contributed by atoms with Crippen LogP contribution in [-0.4, -0.2) is 49.1 Å². The van der Waals surface area contributed by atoms with Gasteiger partial charge in [-0.1, -0.05) is 6.92 Å². The maximum Gasteiger partial charge on any atom is 0.253 e. The van der Waals surface area contributed by atoms with Crippen LogP contribution in [0.3, 0.4) is 0 Å². The molecule has 0 aromatic heterocycles. The Bertz CT molecular complexity index is 523. The minimum absolute atomic E-state index is 0.0665. The fourth-order valence-corrected chi connectivity index (χ4v) is 4.21. The zero-order chi connectivity index (χ0) is 17.1. The van der Waals surface area contributed by atoms with E-state index in [9.17, 15) is 9.59 Å². The minimum Gasteiger partial charge on any atom is -0.497 e. The summed E-state index contributed by atoms with van der Waals surface area (Å²) in [4.78, 5) is 26.3. The Labute approximate surface area is 143 Å². The monoisotopic (exact) mass is 336 g/mol. The molecule has 6 heteroatoms. The van der Waals surface area contributed by atoms with Crippen molar-refractivity contribution in [2.75, 3.05) is 26.3 Å². The van der Waals surface area contributed by atoms with Crippen molar-refractivity contribution in [2.24, 2.45) is 17.6 Å². The van der Waals surface area contributed by atoms with Crippen molar-refractivity contribution in [1.29, 1.82) is 0 Å². The molecule has 3 rings (SSSR count). The summed E-state index contributed by atoms with van der Waals surface area (Å²) in [5, 5.41) is 0. The maximum absolute atomic E-state index is 12.8. The number of hydrogen-bond acceptors (Lipinski definition) is 4. The summed E-state index contributed by atoms with van der Waals surface area (Å²) in [6.45, 7) is 4.79. The molecule has 2 amide bonds. The summed E-state index contributed by atoms with van der Waals surface area (Å²) < 4.78 is 11.4. The van der Waals surface area contributed by atoms with Gasteiger partial charge in [0.25, 0.3) is 5.91 Å². The first-order valence-corrected chi connectivity index (χ1v) is 9.16. The molecule has 0 spiro atoms. The van der Waals surface area contributed by atoms with Gasteiger partial charge in [-0.05, 0) is 38.0 Å². The van der Waals surface area contributed by atoms with Crippen molar-refractivity contribution in [1.82, 2.24) is 4.90 Å². The van der Waals surface area contributed by atoms with Gasteiger partial charge in [0, 0.05) is 26.1 Å². The van der Waals surface area contributed by atoms with Crippen LogP contribution in [0.15, 0.2) is 11.3 Å². The number of likely N-dealkylation sites (tertiary alicyclic amines) is 1. The molecule has 0 saturated carbocycles. The zero-order valence-corrected chi connectivity index (χ0v) is 14.5. The fourth-order valence-electron chi connectivity index (χ4n) is 4.21. The summed E-state index contributed by atoms with van der Waals surface area (Å²) in [7, 11) is 0. The van der Waals surface area contributed by atoms with E-state index in [2.05, 4.69) is 0 Å². The van der Waals surface area contributed by atoms with Crippen LogP contribution < -0.4 is 5.73 Å². The fraction of sp³-hybridized carbons (Fsp3) is 0.778. The van der Waals surface area contributed by atoms with Crippen LogP contribution in [0.2, 0.25) is 0 Å². The van der Waals surface area contributed by atoms with E-state index in [0.717, 1.165) is 69.6 Å². The molecule has 0 aromatic rings. The summed E-state index contributed by atoms with van der Waals surface area (Å²) in [5.41, 5.74) is 6.35. The highest BCUT2D eigenvalue weighted by Gasteiger charge is 2.40. The topological polar surface area (TPSA) is 81.9 Å². The molecule has 6 nitrogen and oxygen atoms in total. The lowest BCUT2D eigenvalue weighted by atomic mass is 9.83. The first-order valence-electron chi connectivity index (χ1n) is 9.16. The Morgan fingerprint density at radius 1 is 1.21 bits per heavy atom. The number of primary amides is 1. The van der Waals surface area contributed by atoms with Gasteiger partial charge in [0.2, 0.25) is 5.91 Å². The third kappa shape index (κ3) is 3.43. The number of allylic oxidation sites excluding steroid dienone is 1. The number of carbonyl (C=O) groups is 2. The van der Waals surface area contributed by atoms with Crippen LogP contribution in [0.4, 0.5) is 0 Å². The molecule has 3 aliphatic rings. The number of piperidine rings is 1. The molecule has 2 saturated heterocycles. The van der Waals surface area contributed by atoms with Gasteiger partial charge >= 0.3 is 0 Å². The van der Waals surface area contributed by atoms with Crippen molar-refractivity contribution in [3.63, 3.8) is 0 Å². The first-order chi connectivity index (χ1) is 11.6. The number of carbonyl (C=O) groups excluding carboxylic acids is 2. The summed E-state index contributed by atoms with van der Waals surface area (Å²) >= 11 is 0. The van der Waals surface area contributed by atoms with Crippen LogP contribution in [0.25, 0.3) is 0 Å². The Hall–Kier alpha value is -1.56. The lowest BCUT2D eigenvalue weighted by Crippen LogP contribution is -2.44. The van der Waals surface area contributed by atoms with Crippen molar-refractivity contribution in [3.8, 4) is 0 Å². The number of rotatable bonds is 4. The number of nitrogens with zero attached hydrogens (tertiary/aromatic N) is 1. The highest BCUT2D eigenvalue weighted by molar-refractivity contribution is 5.94. The highest BCUT2D eigenvalue weighted by atomic mass is 16.5. The van der Waals surface area contributed by atoms with Crippen LogP contribution in [0.5, 0.6) is 0 Å². The molecule has 134 valence electrons. The molecule has 2 N–H and O–H groups in total. The molecule has 0 aliphatic carbocycles. The Morgan fingerprint density at radius 2 is 1.96 bits per heavy atom. The molecule has 0 aromatic carbocycles. The van der Waals surface area contributed by atoms with Gasteiger partial charge in [-0.15, -0.1) is 0 Å². The summed E-state index contributed by atoms with van der Waals surface area (Å²) in [6.07, 6.45) is 4.90. The molecule has 0 bridgehead atoms. The van der Waals surface area contributed by atoms with Crippen molar-refractivity contribution >= 4 is 11.8 Å². The van der Waals surface area contributed by atoms with Crippen molar-refractivity contribution in [3.05, 3.63) is 11.3 Å². The van der Waals surface area contributed by atoms with Gasteiger partial charge in [-0.3, -0.25) is 9.59 Å². The average molecular weight is 336 g/mol. The van der Waals surface area contributed by atoms with Gasteiger partial charge in [-0.2, -0.15) is 0 Å². The molecule has 3 aliphatic heterocycles. The van der Waals surface area contributed by atoms with E-state index in [1.165, 1.54) is 0 Å². The Kier molecular flexibility index (Phi) is 5.43.